The zero-order valence-corrected chi connectivity index (χ0v) is 15.7. The van der Waals surface area contributed by atoms with Gasteiger partial charge in [-0.25, -0.2) is 0 Å². The average molecular weight is 389 g/mol. The lowest BCUT2D eigenvalue weighted by Crippen LogP contribution is -2.21. The highest BCUT2D eigenvalue weighted by molar-refractivity contribution is 8.00. The molecule has 0 aliphatic heterocycles. The van der Waals surface area contributed by atoms with Gasteiger partial charge in [-0.1, -0.05) is 0 Å². The fourth-order valence-electron chi connectivity index (χ4n) is 2.14. The van der Waals surface area contributed by atoms with Gasteiger partial charge in [0.05, 0.1) is 11.5 Å². The highest BCUT2D eigenvalue weighted by atomic mass is 32.2. The Labute approximate surface area is 160 Å². The van der Waals surface area contributed by atoms with Crippen molar-refractivity contribution in [3.8, 4) is 5.75 Å². The van der Waals surface area contributed by atoms with Crippen molar-refractivity contribution < 1.29 is 24.0 Å². The number of nitro benzene ring substituents is 1. The summed E-state index contributed by atoms with van der Waals surface area (Å²) in [6, 6.07) is 12.5. The molecule has 2 aromatic carbocycles. The van der Waals surface area contributed by atoms with E-state index in [9.17, 15) is 19.7 Å². The second-order valence-corrected chi connectivity index (χ2v) is 6.91. The Morgan fingerprint density at radius 2 is 1.74 bits per heavy atom. The lowest BCUT2D eigenvalue weighted by molar-refractivity contribution is -0.384. The van der Waals surface area contributed by atoms with E-state index in [1.807, 2.05) is 6.92 Å². The summed E-state index contributed by atoms with van der Waals surface area (Å²) in [5, 5.41) is 10.1. The van der Waals surface area contributed by atoms with Crippen molar-refractivity contribution in [3.05, 3.63) is 64.2 Å². The third kappa shape index (κ3) is 6.10. The van der Waals surface area contributed by atoms with Crippen LogP contribution >= 0.6 is 11.8 Å². The third-order valence-electron chi connectivity index (χ3n) is 3.53. The molecule has 0 radical (unpaired) electrons. The van der Waals surface area contributed by atoms with Crippen LogP contribution in [0.5, 0.6) is 5.75 Å². The van der Waals surface area contributed by atoms with Crippen LogP contribution in [0.4, 0.5) is 5.69 Å². The van der Waals surface area contributed by atoms with Crippen LogP contribution in [0.15, 0.2) is 53.4 Å². The molecule has 0 fully saturated rings. The zero-order chi connectivity index (χ0) is 19.8. The van der Waals surface area contributed by atoms with Crippen LogP contribution in [-0.2, 0) is 9.53 Å². The molecule has 0 aliphatic rings. The van der Waals surface area contributed by atoms with Gasteiger partial charge in [-0.15, -0.1) is 11.8 Å². The normalized spacial score (nSPS) is 11.5. The van der Waals surface area contributed by atoms with Crippen LogP contribution in [0.1, 0.15) is 24.2 Å². The van der Waals surface area contributed by atoms with Crippen LogP contribution in [0.25, 0.3) is 0 Å². The molecule has 1 atom stereocenters. The summed E-state index contributed by atoms with van der Waals surface area (Å²) in [6.45, 7) is 3.71. The first kappa shape index (κ1) is 20.4. The molecule has 8 heteroatoms. The number of esters is 1. The van der Waals surface area contributed by atoms with Crippen molar-refractivity contribution in [2.75, 3.05) is 13.2 Å². The maximum Gasteiger partial charge on any atom is 0.319 e. The Morgan fingerprint density at radius 3 is 2.30 bits per heavy atom. The Balaban J connectivity index is 1.84. The lowest BCUT2D eigenvalue weighted by atomic mass is 10.1. The van der Waals surface area contributed by atoms with Crippen molar-refractivity contribution in [2.45, 2.75) is 24.0 Å². The second kappa shape index (κ2) is 9.72. The van der Waals surface area contributed by atoms with Crippen molar-refractivity contribution >= 4 is 29.2 Å². The number of hydrogen-bond acceptors (Lipinski definition) is 7. The molecule has 2 rings (SSSR count). The molecule has 0 aromatic heterocycles. The van der Waals surface area contributed by atoms with E-state index in [0.29, 0.717) is 22.8 Å². The molecule has 0 bridgehead atoms. The minimum absolute atomic E-state index is 0.0180. The number of carbonyl (C=O) groups is 2. The number of Topliss-reactive ketones (excluding diaryl/α,β-unsaturated/α-hetero) is 1. The molecule has 142 valence electrons. The summed E-state index contributed by atoms with van der Waals surface area (Å²) in [6.07, 6.45) is 0. The summed E-state index contributed by atoms with van der Waals surface area (Å²) < 4.78 is 10.4. The molecule has 2 aromatic rings. The molecule has 0 saturated heterocycles. The lowest BCUT2D eigenvalue weighted by Gasteiger charge is -2.11. The van der Waals surface area contributed by atoms with Gasteiger partial charge in [-0.2, -0.15) is 0 Å². The van der Waals surface area contributed by atoms with Gasteiger partial charge in [-0.3, -0.25) is 19.7 Å². The maximum absolute atomic E-state index is 12.1. The summed E-state index contributed by atoms with van der Waals surface area (Å²) in [4.78, 5) is 35.0. The summed E-state index contributed by atoms with van der Waals surface area (Å²) in [5.74, 6) is -0.171. The van der Waals surface area contributed by atoms with Crippen LogP contribution < -0.4 is 4.74 Å². The predicted molar refractivity (Wildman–Crippen MR) is 101 cm³/mol. The van der Waals surface area contributed by atoms with Crippen LogP contribution in [0.3, 0.4) is 0 Å². The molecule has 0 unspecified atom stereocenters. The molecular weight excluding hydrogens is 370 g/mol. The molecule has 0 aliphatic carbocycles. The number of nitrogens with zero attached hydrogens (tertiary/aromatic N) is 1. The van der Waals surface area contributed by atoms with E-state index in [0.717, 1.165) is 0 Å². The number of thioether (sulfide) groups is 1. The molecule has 0 spiro atoms. The van der Waals surface area contributed by atoms with Gasteiger partial charge in [0.15, 0.2) is 12.4 Å². The van der Waals surface area contributed by atoms with E-state index in [1.165, 1.54) is 23.9 Å². The van der Waals surface area contributed by atoms with Gasteiger partial charge in [0.2, 0.25) is 0 Å². The first-order chi connectivity index (χ1) is 12.9. The first-order valence-corrected chi connectivity index (χ1v) is 9.12. The standard InChI is InChI=1S/C19H19NO6S/c1-3-25-16-8-4-14(5-9-16)18(21)12-26-19(22)13(2)27-17-10-6-15(7-11-17)20(23)24/h4-11,13H,3,12H2,1-2H3/t13-/m0/s1. The van der Waals surface area contributed by atoms with Gasteiger partial charge in [0, 0.05) is 22.6 Å². The van der Waals surface area contributed by atoms with Crippen molar-refractivity contribution in [1.29, 1.82) is 0 Å². The minimum Gasteiger partial charge on any atom is -0.494 e. The van der Waals surface area contributed by atoms with Crippen LogP contribution in [0, 0.1) is 10.1 Å². The molecule has 7 nitrogen and oxygen atoms in total. The minimum atomic E-state index is -0.556. The molecular formula is C19H19NO6S. The van der Waals surface area contributed by atoms with Gasteiger partial charge in [0.25, 0.3) is 5.69 Å². The topological polar surface area (TPSA) is 95.7 Å². The first-order valence-electron chi connectivity index (χ1n) is 8.24. The van der Waals surface area contributed by atoms with E-state index in [2.05, 4.69) is 0 Å². The number of ether oxygens (including phenoxy) is 2. The quantitative estimate of drug-likeness (QED) is 0.211. The van der Waals surface area contributed by atoms with E-state index in [4.69, 9.17) is 9.47 Å². The van der Waals surface area contributed by atoms with E-state index >= 15 is 0 Å². The SMILES string of the molecule is CCOc1ccc(C(=O)COC(=O)[C@H](C)Sc2ccc([N+](=O)[O-])cc2)cc1. The number of nitro groups is 1. The molecule has 0 amide bonds. The highest BCUT2D eigenvalue weighted by Crippen LogP contribution is 2.26. The summed E-state index contributed by atoms with van der Waals surface area (Å²) >= 11 is 1.20. The zero-order valence-electron chi connectivity index (χ0n) is 14.9. The maximum atomic E-state index is 12.1. The molecule has 27 heavy (non-hydrogen) atoms. The smallest absolute Gasteiger partial charge is 0.319 e. The van der Waals surface area contributed by atoms with E-state index in [-0.39, 0.29) is 18.1 Å². The number of ketones is 1. The fraction of sp³-hybridized carbons (Fsp3) is 0.263. The summed E-state index contributed by atoms with van der Waals surface area (Å²) in [5.41, 5.74) is 0.414. The monoisotopic (exact) mass is 389 g/mol. The number of benzene rings is 2. The van der Waals surface area contributed by atoms with Crippen molar-refractivity contribution in [3.63, 3.8) is 0 Å². The fourth-order valence-corrected chi connectivity index (χ4v) is 3.01. The number of non-ortho nitro benzene ring substituents is 1. The average Bonchev–Trinajstić information content (AvgIpc) is 2.67. The van der Waals surface area contributed by atoms with E-state index in [1.54, 1.807) is 43.3 Å². The number of rotatable bonds is 9. The van der Waals surface area contributed by atoms with Gasteiger partial charge in [-0.05, 0) is 50.2 Å². The molecule has 0 heterocycles. The Kier molecular flexibility index (Phi) is 7.36. The van der Waals surface area contributed by atoms with Crippen LogP contribution in [-0.4, -0.2) is 35.1 Å². The van der Waals surface area contributed by atoms with Gasteiger partial charge < -0.3 is 9.47 Å². The molecule has 0 saturated carbocycles. The Bertz CT molecular complexity index is 804. The highest BCUT2D eigenvalue weighted by Gasteiger charge is 2.18. The second-order valence-electron chi connectivity index (χ2n) is 5.50. The number of hydrogen-bond donors (Lipinski definition) is 0. The Hall–Kier alpha value is -2.87. The van der Waals surface area contributed by atoms with Gasteiger partial charge >= 0.3 is 5.97 Å². The van der Waals surface area contributed by atoms with E-state index < -0.39 is 16.1 Å². The number of carbonyl (C=O) groups excluding carboxylic acids is 2. The molecule has 0 N–H and O–H groups in total. The van der Waals surface area contributed by atoms with Crippen molar-refractivity contribution in [1.82, 2.24) is 0 Å². The van der Waals surface area contributed by atoms with Crippen LogP contribution in [0.2, 0.25) is 0 Å². The summed E-state index contributed by atoms with van der Waals surface area (Å²) in [7, 11) is 0. The Morgan fingerprint density at radius 1 is 1.11 bits per heavy atom. The largest absolute Gasteiger partial charge is 0.494 e. The third-order valence-corrected chi connectivity index (χ3v) is 4.62. The van der Waals surface area contributed by atoms with Crippen molar-refractivity contribution in [2.24, 2.45) is 0 Å². The predicted octanol–water partition coefficient (Wildman–Crippen LogP) is 3.90. The van der Waals surface area contributed by atoms with Gasteiger partial charge in [0.1, 0.15) is 11.0 Å².